The normalized spacial score (nSPS) is 14.0. The fraction of sp³-hybridized carbons (Fsp3) is 0.231. The Labute approximate surface area is 207 Å². The van der Waals surface area contributed by atoms with Gasteiger partial charge in [-0.1, -0.05) is 36.4 Å². The first kappa shape index (κ1) is 22.8. The molecule has 2 amide bonds. The lowest BCUT2D eigenvalue weighted by molar-refractivity contribution is -0.121. The molecule has 0 spiro atoms. The zero-order chi connectivity index (χ0) is 24.2. The van der Waals surface area contributed by atoms with Gasteiger partial charge in [-0.3, -0.25) is 9.59 Å². The Morgan fingerprint density at radius 2 is 1.74 bits per heavy atom. The second-order valence-corrected chi connectivity index (χ2v) is 9.19. The zero-order valence-corrected chi connectivity index (χ0v) is 20.1. The van der Waals surface area contributed by atoms with Gasteiger partial charge < -0.3 is 15.0 Å². The van der Waals surface area contributed by atoms with Gasteiger partial charge in [0.15, 0.2) is 5.82 Å². The molecule has 5 rings (SSSR count). The summed E-state index contributed by atoms with van der Waals surface area (Å²) in [6.45, 7) is 0.939. The van der Waals surface area contributed by atoms with E-state index in [-0.39, 0.29) is 23.6 Å². The van der Waals surface area contributed by atoms with Crippen molar-refractivity contribution in [2.24, 2.45) is 5.92 Å². The van der Waals surface area contributed by atoms with Gasteiger partial charge in [0.1, 0.15) is 5.75 Å². The topological polar surface area (TPSA) is 89.4 Å². The largest absolute Gasteiger partial charge is 0.495 e. The molecule has 1 saturated heterocycles. The fourth-order valence-corrected chi connectivity index (χ4v) is 4.88. The summed E-state index contributed by atoms with van der Waals surface area (Å²) >= 11 is 1.55. The zero-order valence-electron chi connectivity index (χ0n) is 19.3. The summed E-state index contributed by atoms with van der Waals surface area (Å²) in [5, 5.41) is 9.50. The number of thiophene rings is 1. The molecule has 2 aromatic carbocycles. The number of piperidine rings is 1. The number of carbonyl (C=O) groups excluding carboxylic acids is 2. The van der Waals surface area contributed by atoms with E-state index < -0.39 is 0 Å². The highest BCUT2D eigenvalue weighted by molar-refractivity contribution is 7.13. The van der Waals surface area contributed by atoms with Crippen LogP contribution in [-0.4, -0.2) is 51.7 Å². The van der Waals surface area contributed by atoms with E-state index in [2.05, 4.69) is 15.4 Å². The Bertz CT molecular complexity index is 1310. The maximum atomic E-state index is 13.3. The first-order chi connectivity index (χ1) is 17.1. The second kappa shape index (κ2) is 10.1. The molecule has 0 saturated carbocycles. The van der Waals surface area contributed by atoms with Crippen LogP contribution in [0.3, 0.4) is 0 Å². The van der Waals surface area contributed by atoms with E-state index in [0.717, 1.165) is 10.6 Å². The molecule has 8 nitrogen and oxygen atoms in total. The highest BCUT2D eigenvalue weighted by atomic mass is 32.1. The molecule has 9 heteroatoms. The number of nitrogens with one attached hydrogen (secondary N) is 1. The maximum absolute atomic E-state index is 13.3. The van der Waals surface area contributed by atoms with Crippen LogP contribution in [0.1, 0.15) is 23.5 Å². The van der Waals surface area contributed by atoms with Gasteiger partial charge in [0.2, 0.25) is 11.7 Å². The number of carbonyl (C=O) groups is 2. The fourth-order valence-electron chi connectivity index (χ4n) is 4.19. The van der Waals surface area contributed by atoms with Gasteiger partial charge >= 0.3 is 0 Å². The SMILES string of the molecule is COc1ccccc1NC(=O)C1CCN(C(=O)c2nc(-c3cccs3)n(-c3ccccc3)n2)CC1. The summed E-state index contributed by atoms with van der Waals surface area (Å²) in [6, 6.07) is 20.9. The Hall–Kier alpha value is -3.98. The summed E-state index contributed by atoms with van der Waals surface area (Å²) in [4.78, 5) is 33.4. The lowest BCUT2D eigenvalue weighted by Crippen LogP contribution is -2.41. The summed E-state index contributed by atoms with van der Waals surface area (Å²) in [6.07, 6.45) is 1.15. The van der Waals surface area contributed by atoms with Gasteiger partial charge in [-0.25, -0.2) is 9.67 Å². The van der Waals surface area contributed by atoms with Crippen LogP contribution in [0.15, 0.2) is 72.1 Å². The standard InChI is InChI=1S/C26H25N5O3S/c1-34-21-11-6-5-10-20(21)27-25(32)18-13-15-30(16-14-18)26(33)23-28-24(22-12-7-17-35-22)31(29-23)19-8-3-2-4-9-19/h2-12,17-18H,13-16H2,1H3,(H,27,32). The summed E-state index contributed by atoms with van der Waals surface area (Å²) in [5.74, 6) is 0.958. The quantitative estimate of drug-likeness (QED) is 0.433. The number of methoxy groups -OCH3 is 1. The molecule has 1 N–H and O–H groups in total. The van der Waals surface area contributed by atoms with Crippen LogP contribution in [0.2, 0.25) is 0 Å². The van der Waals surface area contributed by atoms with E-state index in [1.165, 1.54) is 0 Å². The molecule has 1 fully saturated rings. The first-order valence-electron chi connectivity index (χ1n) is 11.4. The predicted octanol–water partition coefficient (Wildman–Crippen LogP) is 4.50. The van der Waals surface area contributed by atoms with Gasteiger partial charge in [-0.15, -0.1) is 16.4 Å². The average Bonchev–Trinajstić information content (AvgIpc) is 3.60. The van der Waals surface area contributed by atoms with E-state index in [1.54, 1.807) is 28.0 Å². The monoisotopic (exact) mass is 487 g/mol. The van der Waals surface area contributed by atoms with Crippen molar-refractivity contribution in [2.45, 2.75) is 12.8 Å². The number of benzene rings is 2. The third-order valence-electron chi connectivity index (χ3n) is 6.06. The van der Waals surface area contributed by atoms with E-state index in [4.69, 9.17) is 4.74 Å². The molecule has 0 unspecified atom stereocenters. The molecule has 3 heterocycles. The highest BCUT2D eigenvalue weighted by Gasteiger charge is 2.30. The molecular formula is C26H25N5O3S. The molecule has 0 bridgehead atoms. The van der Waals surface area contributed by atoms with Crippen molar-refractivity contribution in [1.29, 1.82) is 0 Å². The summed E-state index contributed by atoms with van der Waals surface area (Å²) < 4.78 is 7.03. The van der Waals surface area contributed by atoms with Crippen molar-refractivity contribution < 1.29 is 14.3 Å². The third kappa shape index (κ3) is 4.81. The van der Waals surface area contributed by atoms with Crippen LogP contribution in [0.4, 0.5) is 5.69 Å². The second-order valence-electron chi connectivity index (χ2n) is 8.24. The highest BCUT2D eigenvalue weighted by Crippen LogP contribution is 2.28. The Morgan fingerprint density at radius 3 is 2.46 bits per heavy atom. The molecular weight excluding hydrogens is 462 g/mol. The lowest BCUT2D eigenvalue weighted by Gasteiger charge is -2.30. The molecule has 178 valence electrons. The minimum absolute atomic E-state index is 0.0620. The van der Waals surface area contributed by atoms with Crippen molar-refractivity contribution in [3.05, 3.63) is 77.9 Å². The van der Waals surface area contributed by atoms with Crippen molar-refractivity contribution >= 4 is 28.8 Å². The maximum Gasteiger partial charge on any atom is 0.293 e. The first-order valence-corrected chi connectivity index (χ1v) is 12.3. The molecule has 0 aliphatic carbocycles. The summed E-state index contributed by atoms with van der Waals surface area (Å²) in [5.41, 5.74) is 1.49. The van der Waals surface area contributed by atoms with Crippen LogP contribution >= 0.6 is 11.3 Å². The number of rotatable bonds is 6. The predicted molar refractivity (Wildman–Crippen MR) is 135 cm³/mol. The van der Waals surface area contributed by atoms with Crippen LogP contribution in [0.5, 0.6) is 5.75 Å². The number of para-hydroxylation sites is 3. The number of aromatic nitrogens is 3. The van der Waals surface area contributed by atoms with Gasteiger partial charge in [0.05, 0.1) is 23.4 Å². The van der Waals surface area contributed by atoms with E-state index in [9.17, 15) is 9.59 Å². The number of anilines is 1. The third-order valence-corrected chi connectivity index (χ3v) is 6.92. The number of ether oxygens (including phenoxy) is 1. The van der Waals surface area contributed by atoms with Gasteiger partial charge in [-0.05, 0) is 48.6 Å². The summed E-state index contributed by atoms with van der Waals surface area (Å²) in [7, 11) is 1.58. The molecule has 1 aliphatic rings. The minimum atomic E-state index is -0.221. The number of hydrogen-bond donors (Lipinski definition) is 1. The number of likely N-dealkylation sites (tertiary alicyclic amines) is 1. The Morgan fingerprint density at radius 1 is 1.00 bits per heavy atom. The smallest absolute Gasteiger partial charge is 0.293 e. The molecule has 2 aromatic heterocycles. The number of nitrogens with zero attached hydrogens (tertiary/aromatic N) is 4. The van der Waals surface area contributed by atoms with Crippen molar-refractivity contribution in [2.75, 3.05) is 25.5 Å². The minimum Gasteiger partial charge on any atom is -0.495 e. The molecule has 0 atom stereocenters. The van der Waals surface area contributed by atoms with Crippen LogP contribution in [-0.2, 0) is 4.79 Å². The number of amides is 2. The van der Waals surface area contributed by atoms with Gasteiger partial charge in [-0.2, -0.15) is 0 Å². The van der Waals surface area contributed by atoms with Gasteiger partial charge in [0, 0.05) is 19.0 Å². The van der Waals surface area contributed by atoms with Crippen molar-refractivity contribution in [3.63, 3.8) is 0 Å². The van der Waals surface area contributed by atoms with E-state index in [1.807, 2.05) is 72.1 Å². The molecule has 35 heavy (non-hydrogen) atoms. The average molecular weight is 488 g/mol. The molecule has 4 aromatic rings. The molecule has 1 aliphatic heterocycles. The van der Waals surface area contributed by atoms with E-state index >= 15 is 0 Å². The van der Waals surface area contributed by atoms with Crippen LogP contribution in [0.25, 0.3) is 16.4 Å². The van der Waals surface area contributed by atoms with E-state index in [0.29, 0.717) is 43.2 Å². The lowest BCUT2D eigenvalue weighted by atomic mass is 9.95. The van der Waals surface area contributed by atoms with Crippen molar-refractivity contribution in [3.8, 4) is 22.1 Å². The van der Waals surface area contributed by atoms with Crippen LogP contribution < -0.4 is 10.1 Å². The Kier molecular flexibility index (Phi) is 6.58. The van der Waals surface area contributed by atoms with Crippen molar-refractivity contribution in [1.82, 2.24) is 19.7 Å². The number of hydrogen-bond acceptors (Lipinski definition) is 6. The Balaban J connectivity index is 1.28. The molecule has 0 radical (unpaired) electrons. The van der Waals surface area contributed by atoms with Gasteiger partial charge in [0.25, 0.3) is 5.91 Å². The van der Waals surface area contributed by atoms with Crippen LogP contribution in [0, 0.1) is 5.92 Å².